The van der Waals surface area contributed by atoms with Crippen molar-refractivity contribution in [1.82, 2.24) is 5.32 Å². The van der Waals surface area contributed by atoms with E-state index in [1.54, 1.807) is 0 Å². The Morgan fingerprint density at radius 2 is 0.961 bits per heavy atom. The summed E-state index contributed by atoms with van der Waals surface area (Å²) in [5, 5.41) is 10.6. The van der Waals surface area contributed by atoms with Crippen molar-refractivity contribution in [3.63, 3.8) is 0 Å². The smallest absolute Gasteiger partial charge is 0.170 e. The fraction of sp³-hybridized carbons (Fsp3) is 0.0213. The molecule has 0 bridgehead atoms. The molecule has 1 aromatic heterocycles. The maximum Gasteiger partial charge on any atom is 0.170 e. The van der Waals surface area contributed by atoms with Gasteiger partial charge in [-0.2, -0.15) is 0 Å². The maximum absolute atomic E-state index is 6.56. The first-order valence-electron chi connectivity index (χ1n) is 17.3. The Balaban J connectivity index is 1.16. The van der Waals surface area contributed by atoms with Crippen molar-refractivity contribution in [2.24, 2.45) is 9.98 Å². The quantitative estimate of drug-likeness (QED) is 0.188. The second-order valence-corrected chi connectivity index (χ2v) is 13.0. The van der Waals surface area contributed by atoms with E-state index < -0.39 is 6.17 Å². The van der Waals surface area contributed by atoms with Crippen LogP contribution in [0, 0.1) is 0 Å². The first-order valence-corrected chi connectivity index (χ1v) is 17.3. The molecular weight excluding hydrogens is 623 g/mol. The Morgan fingerprint density at radius 3 is 1.75 bits per heavy atom. The van der Waals surface area contributed by atoms with Gasteiger partial charge < -0.3 is 9.73 Å². The topological polar surface area (TPSA) is 49.9 Å². The van der Waals surface area contributed by atoms with E-state index in [4.69, 9.17) is 14.4 Å². The van der Waals surface area contributed by atoms with Crippen molar-refractivity contribution >= 4 is 55.2 Å². The van der Waals surface area contributed by atoms with Gasteiger partial charge in [0.25, 0.3) is 0 Å². The molecule has 1 unspecified atom stereocenters. The molecule has 0 saturated carbocycles. The monoisotopic (exact) mass is 653 g/mol. The molecule has 2 heterocycles. The van der Waals surface area contributed by atoms with Gasteiger partial charge >= 0.3 is 0 Å². The van der Waals surface area contributed by atoms with Crippen LogP contribution in [0.5, 0.6) is 0 Å². The third-order valence-electron chi connectivity index (χ3n) is 9.92. The lowest BCUT2D eigenvalue weighted by molar-refractivity contribution is 0.668. The van der Waals surface area contributed by atoms with Crippen LogP contribution in [0.3, 0.4) is 0 Å². The molecule has 8 aromatic carbocycles. The lowest BCUT2D eigenvalue weighted by Crippen LogP contribution is -2.36. The lowest BCUT2D eigenvalue weighted by Gasteiger charge is -2.23. The van der Waals surface area contributed by atoms with Crippen LogP contribution in [0.4, 0.5) is 0 Å². The largest absolute Gasteiger partial charge is 0.456 e. The number of furan rings is 1. The van der Waals surface area contributed by atoms with Crippen LogP contribution in [0.1, 0.15) is 22.9 Å². The van der Waals surface area contributed by atoms with Crippen molar-refractivity contribution in [1.29, 1.82) is 0 Å². The predicted molar refractivity (Wildman–Crippen MR) is 211 cm³/mol. The maximum atomic E-state index is 6.56. The van der Waals surface area contributed by atoms with Crippen LogP contribution >= 0.6 is 0 Å². The molecule has 10 rings (SSSR count). The molecule has 240 valence electrons. The van der Waals surface area contributed by atoms with E-state index in [0.29, 0.717) is 0 Å². The van der Waals surface area contributed by atoms with E-state index in [2.05, 4.69) is 145 Å². The normalized spacial score (nSPS) is 14.5. The third kappa shape index (κ3) is 5.17. The SMILES string of the molecule is c1ccc(C2=NC(c3cc(-c4ccc5c(ccc6ccccc65)c4)cc4oc5ccccc5c34)N=C(c3ccc(-c4ccccc4)cc3)N2)cc1. The van der Waals surface area contributed by atoms with Gasteiger partial charge in [-0.15, -0.1) is 0 Å². The summed E-state index contributed by atoms with van der Waals surface area (Å²) in [6.45, 7) is 0. The minimum Gasteiger partial charge on any atom is -0.456 e. The number of benzene rings is 8. The summed E-state index contributed by atoms with van der Waals surface area (Å²) in [5.74, 6) is 1.55. The Labute approximate surface area is 295 Å². The summed E-state index contributed by atoms with van der Waals surface area (Å²) in [6.07, 6.45) is -0.516. The zero-order chi connectivity index (χ0) is 33.7. The average molecular weight is 654 g/mol. The van der Waals surface area contributed by atoms with Gasteiger partial charge in [0.1, 0.15) is 22.8 Å². The highest BCUT2D eigenvalue weighted by Crippen LogP contribution is 2.41. The highest BCUT2D eigenvalue weighted by atomic mass is 16.3. The molecule has 9 aromatic rings. The Kier molecular flexibility index (Phi) is 6.85. The first-order chi connectivity index (χ1) is 25.2. The Morgan fingerprint density at radius 1 is 0.392 bits per heavy atom. The molecule has 0 fully saturated rings. The van der Waals surface area contributed by atoms with Gasteiger partial charge in [-0.1, -0.05) is 152 Å². The summed E-state index contributed by atoms with van der Waals surface area (Å²) in [6, 6.07) is 61.7. The van der Waals surface area contributed by atoms with Gasteiger partial charge in [-0.3, -0.25) is 0 Å². The van der Waals surface area contributed by atoms with E-state index in [1.807, 2.05) is 36.4 Å². The zero-order valence-corrected chi connectivity index (χ0v) is 27.6. The number of hydrogen-bond acceptors (Lipinski definition) is 4. The van der Waals surface area contributed by atoms with Gasteiger partial charge in [-0.25, -0.2) is 9.98 Å². The standard InChI is InChI=1S/C47H31N3O/c1-3-11-30(12-4-1)31-19-22-34(23-20-31)46-48-45(33-14-5-2-6-15-33)49-47(50-46)41-28-37(29-43-44(41)40-17-9-10-18-42(40)51-43)35-25-26-39-36(27-35)24-21-32-13-7-8-16-38(32)39/h1-29,47H,(H,48,49,50). The molecule has 1 N–H and O–H groups in total. The van der Waals surface area contributed by atoms with Crippen molar-refractivity contribution in [3.05, 3.63) is 193 Å². The lowest BCUT2D eigenvalue weighted by atomic mass is 9.94. The van der Waals surface area contributed by atoms with Gasteiger partial charge in [0.05, 0.1) is 0 Å². The van der Waals surface area contributed by atoms with E-state index in [-0.39, 0.29) is 0 Å². The van der Waals surface area contributed by atoms with Crippen LogP contribution in [-0.4, -0.2) is 11.7 Å². The van der Waals surface area contributed by atoms with E-state index in [0.717, 1.165) is 67.0 Å². The van der Waals surface area contributed by atoms with Gasteiger partial charge in [0.2, 0.25) is 0 Å². The number of nitrogens with zero attached hydrogens (tertiary/aromatic N) is 2. The van der Waals surface area contributed by atoms with Gasteiger partial charge in [0.15, 0.2) is 6.17 Å². The third-order valence-corrected chi connectivity index (χ3v) is 9.92. The molecule has 1 aliphatic rings. The highest BCUT2D eigenvalue weighted by molar-refractivity contribution is 6.17. The fourth-order valence-electron chi connectivity index (χ4n) is 7.38. The second kappa shape index (κ2) is 12.0. The average Bonchev–Trinajstić information content (AvgIpc) is 3.59. The zero-order valence-electron chi connectivity index (χ0n) is 27.6. The van der Waals surface area contributed by atoms with Crippen LogP contribution in [0.15, 0.2) is 190 Å². The van der Waals surface area contributed by atoms with Crippen molar-refractivity contribution < 1.29 is 4.42 Å². The summed E-state index contributed by atoms with van der Waals surface area (Å²) in [4.78, 5) is 10.6. The fourth-order valence-corrected chi connectivity index (χ4v) is 7.38. The molecule has 0 saturated heterocycles. The Hall–Kier alpha value is -6.78. The Bertz CT molecular complexity index is 2820. The number of aliphatic imine (C=N–C) groups is 2. The summed E-state index contributed by atoms with van der Waals surface area (Å²) < 4.78 is 6.56. The van der Waals surface area contributed by atoms with E-state index >= 15 is 0 Å². The molecule has 0 aliphatic carbocycles. The van der Waals surface area contributed by atoms with Crippen molar-refractivity contribution in [3.8, 4) is 22.3 Å². The molecule has 51 heavy (non-hydrogen) atoms. The molecule has 4 nitrogen and oxygen atoms in total. The van der Waals surface area contributed by atoms with Crippen LogP contribution in [0.2, 0.25) is 0 Å². The predicted octanol–water partition coefficient (Wildman–Crippen LogP) is 11.7. The van der Waals surface area contributed by atoms with Gasteiger partial charge in [-0.05, 0) is 68.1 Å². The van der Waals surface area contributed by atoms with Crippen molar-refractivity contribution in [2.45, 2.75) is 6.17 Å². The summed E-state index contributed by atoms with van der Waals surface area (Å²) in [5.41, 5.74) is 9.18. The van der Waals surface area contributed by atoms with Crippen molar-refractivity contribution in [2.75, 3.05) is 0 Å². The van der Waals surface area contributed by atoms with Gasteiger partial charge in [0, 0.05) is 27.5 Å². The minimum atomic E-state index is -0.516. The van der Waals surface area contributed by atoms with Crippen LogP contribution in [-0.2, 0) is 0 Å². The number of hydrogen-bond donors (Lipinski definition) is 1. The summed E-state index contributed by atoms with van der Waals surface area (Å²) >= 11 is 0. The number of para-hydroxylation sites is 1. The molecule has 4 heteroatoms. The van der Waals surface area contributed by atoms with Crippen LogP contribution < -0.4 is 5.32 Å². The molecule has 0 amide bonds. The molecular formula is C47H31N3O. The highest BCUT2D eigenvalue weighted by Gasteiger charge is 2.25. The summed E-state index contributed by atoms with van der Waals surface area (Å²) in [7, 11) is 0. The number of amidine groups is 2. The molecule has 1 aliphatic heterocycles. The number of rotatable bonds is 5. The van der Waals surface area contributed by atoms with E-state index in [1.165, 1.54) is 27.1 Å². The second-order valence-electron chi connectivity index (χ2n) is 13.0. The van der Waals surface area contributed by atoms with E-state index in [9.17, 15) is 0 Å². The molecule has 0 radical (unpaired) electrons. The minimum absolute atomic E-state index is 0.516. The first kappa shape index (κ1) is 29.2. The number of fused-ring (bicyclic) bond motifs is 6. The molecule has 0 spiro atoms. The van der Waals surface area contributed by atoms with Crippen LogP contribution in [0.25, 0.3) is 65.7 Å². The molecule has 1 atom stereocenters. The number of nitrogens with one attached hydrogen (secondary N) is 1.